The summed E-state index contributed by atoms with van der Waals surface area (Å²) in [6, 6.07) is 13.6. The van der Waals surface area contributed by atoms with Gasteiger partial charge in [0, 0.05) is 29.1 Å². The number of nitrogens with zero attached hydrogens (tertiary/aromatic N) is 2. The predicted molar refractivity (Wildman–Crippen MR) is 153 cm³/mol. The van der Waals surface area contributed by atoms with Gasteiger partial charge in [-0.1, -0.05) is 53.4 Å². The van der Waals surface area contributed by atoms with Crippen LogP contribution in [0, 0.1) is 0 Å². The molecule has 5 rings (SSSR count). The maximum atomic E-state index is 5.16. The molecule has 4 heteroatoms. The van der Waals surface area contributed by atoms with E-state index in [0.29, 0.717) is 5.92 Å². The van der Waals surface area contributed by atoms with Crippen LogP contribution < -0.4 is 0 Å². The summed E-state index contributed by atoms with van der Waals surface area (Å²) in [4.78, 5) is 17.7. The zero-order valence-corrected chi connectivity index (χ0v) is 22.4. The van der Waals surface area contributed by atoms with Gasteiger partial charge in [0.05, 0.1) is 28.1 Å². The fourth-order valence-electron chi connectivity index (χ4n) is 5.73. The van der Waals surface area contributed by atoms with Gasteiger partial charge in [-0.05, 0) is 84.9 Å². The Kier molecular flexibility index (Phi) is 7.41. The van der Waals surface area contributed by atoms with Crippen LogP contribution >= 0.6 is 0 Å². The summed E-state index contributed by atoms with van der Waals surface area (Å²) >= 11 is 0. The third-order valence-electron chi connectivity index (χ3n) is 7.46. The average Bonchev–Trinajstić information content (AvgIpc) is 3.63. The van der Waals surface area contributed by atoms with Crippen LogP contribution in [0.15, 0.2) is 36.4 Å². The standard InChI is InChI=1S/C32H40N4/c1-5-9-21-18-29-30-19-22(10-6-2)27(35-30)15-16-28-23(11-7-3)20-31(36-28)32-24(12-8-4)17-25(33-32)13-14-26(21)34-29/h13-18,20,22,33,36H,5-12,19H2,1-4H3. The predicted octanol–water partition coefficient (Wildman–Crippen LogP) is 8.69. The van der Waals surface area contributed by atoms with Crippen molar-refractivity contribution in [2.75, 3.05) is 0 Å². The highest BCUT2D eigenvalue weighted by Gasteiger charge is 2.23. The maximum Gasteiger partial charge on any atom is 0.0855 e. The Balaban J connectivity index is 1.82. The van der Waals surface area contributed by atoms with Crippen molar-refractivity contribution in [2.45, 2.75) is 91.4 Å². The summed E-state index contributed by atoms with van der Waals surface area (Å²) in [5.74, 6) is 0.466. The molecule has 2 N–H and O–H groups in total. The van der Waals surface area contributed by atoms with Crippen LogP contribution in [0.5, 0.6) is 0 Å². The number of hydrogen-bond donors (Lipinski definition) is 2. The first-order valence-electron chi connectivity index (χ1n) is 14.0. The van der Waals surface area contributed by atoms with Crippen molar-refractivity contribution in [3.63, 3.8) is 0 Å². The number of aromatic nitrogens is 4. The summed E-state index contributed by atoms with van der Waals surface area (Å²) in [5, 5.41) is 0. The van der Waals surface area contributed by atoms with Gasteiger partial charge in [-0.2, -0.15) is 0 Å². The topological polar surface area (TPSA) is 57.4 Å². The van der Waals surface area contributed by atoms with Crippen LogP contribution in [0.1, 0.15) is 106 Å². The smallest absolute Gasteiger partial charge is 0.0855 e. The van der Waals surface area contributed by atoms with Crippen molar-refractivity contribution >= 4 is 33.7 Å². The molecule has 8 bridgehead atoms. The molecule has 0 saturated heterocycles. The van der Waals surface area contributed by atoms with Crippen LogP contribution in [0.4, 0.5) is 0 Å². The van der Waals surface area contributed by atoms with Crippen LogP contribution in [0.3, 0.4) is 0 Å². The van der Waals surface area contributed by atoms with Gasteiger partial charge < -0.3 is 9.97 Å². The second-order valence-corrected chi connectivity index (χ2v) is 10.4. The van der Waals surface area contributed by atoms with Crippen molar-refractivity contribution in [1.29, 1.82) is 0 Å². The van der Waals surface area contributed by atoms with E-state index in [9.17, 15) is 0 Å². The summed E-state index contributed by atoms with van der Waals surface area (Å²) in [5.41, 5.74) is 13.3. The number of allylic oxidation sites excluding steroid dienone is 1. The molecule has 0 spiro atoms. The molecule has 5 heterocycles. The first-order valence-corrected chi connectivity index (χ1v) is 14.0. The molecule has 3 aromatic heterocycles. The number of rotatable bonds is 8. The number of nitrogens with one attached hydrogen (secondary N) is 2. The first-order chi connectivity index (χ1) is 17.6. The molecule has 3 aromatic rings. The highest BCUT2D eigenvalue weighted by Crippen LogP contribution is 2.33. The van der Waals surface area contributed by atoms with E-state index in [0.717, 1.165) is 80.4 Å². The molecule has 1 unspecified atom stereocenters. The van der Waals surface area contributed by atoms with E-state index in [-0.39, 0.29) is 0 Å². The zero-order valence-electron chi connectivity index (χ0n) is 22.4. The van der Waals surface area contributed by atoms with Gasteiger partial charge in [0.1, 0.15) is 0 Å². The lowest BCUT2D eigenvalue weighted by Gasteiger charge is -2.06. The number of aromatic amines is 2. The molecule has 0 fully saturated rings. The lowest BCUT2D eigenvalue weighted by molar-refractivity contribution is 0.628. The Morgan fingerprint density at radius 3 is 2.36 bits per heavy atom. The van der Waals surface area contributed by atoms with Crippen LogP contribution in [-0.4, -0.2) is 19.9 Å². The van der Waals surface area contributed by atoms with E-state index in [1.54, 1.807) is 0 Å². The van der Waals surface area contributed by atoms with Gasteiger partial charge in [-0.3, -0.25) is 4.98 Å². The monoisotopic (exact) mass is 480 g/mol. The van der Waals surface area contributed by atoms with E-state index >= 15 is 0 Å². The van der Waals surface area contributed by atoms with Crippen LogP contribution in [-0.2, 0) is 19.3 Å². The highest BCUT2D eigenvalue weighted by atomic mass is 14.8. The Bertz CT molecular complexity index is 1420. The van der Waals surface area contributed by atoms with Gasteiger partial charge in [0.2, 0.25) is 0 Å². The molecule has 4 nitrogen and oxygen atoms in total. The number of fused-ring (bicyclic) bond motifs is 10. The summed E-state index contributed by atoms with van der Waals surface area (Å²) in [6.07, 6.45) is 12.1. The van der Waals surface area contributed by atoms with Gasteiger partial charge in [0.15, 0.2) is 0 Å². The van der Waals surface area contributed by atoms with Crippen LogP contribution in [0.2, 0.25) is 0 Å². The highest BCUT2D eigenvalue weighted by molar-refractivity contribution is 5.86. The van der Waals surface area contributed by atoms with E-state index in [1.165, 1.54) is 38.9 Å². The number of H-pyrrole nitrogens is 2. The third kappa shape index (κ3) is 4.91. The molecule has 0 aromatic carbocycles. The molecule has 0 aliphatic carbocycles. The lowest BCUT2D eigenvalue weighted by Crippen LogP contribution is -1.96. The largest absolute Gasteiger partial charge is 0.354 e. The molecule has 188 valence electrons. The van der Waals surface area contributed by atoms with E-state index in [4.69, 9.17) is 9.97 Å². The molecule has 0 saturated carbocycles. The van der Waals surface area contributed by atoms with Gasteiger partial charge >= 0.3 is 0 Å². The Hall–Kier alpha value is -3.14. The van der Waals surface area contributed by atoms with Gasteiger partial charge in [-0.15, -0.1) is 0 Å². The SMILES string of the molecule is CCCC1=Cc2nc1ccc1cc(CCC)c([nH]1)c1cc(CCC)c(ccc3nc2CC3CCC)[nH]1. The second kappa shape index (κ2) is 10.9. The molecule has 1 atom stereocenters. The zero-order chi connectivity index (χ0) is 25.1. The number of hydrogen-bond acceptors (Lipinski definition) is 2. The molecule has 36 heavy (non-hydrogen) atoms. The third-order valence-corrected chi connectivity index (χ3v) is 7.46. The minimum atomic E-state index is 0.466. The van der Waals surface area contributed by atoms with Crippen LogP contribution in [0.25, 0.3) is 33.7 Å². The van der Waals surface area contributed by atoms with E-state index in [1.807, 2.05) is 0 Å². The van der Waals surface area contributed by atoms with E-state index in [2.05, 4.69) is 80.1 Å². The van der Waals surface area contributed by atoms with Crippen molar-refractivity contribution in [3.05, 3.63) is 70.3 Å². The number of aryl methyl sites for hydroxylation is 2. The minimum Gasteiger partial charge on any atom is -0.354 e. The quantitative estimate of drug-likeness (QED) is 0.339. The Labute approximate surface area is 215 Å². The molecule has 0 amide bonds. The molecule has 2 aliphatic heterocycles. The second-order valence-electron chi connectivity index (χ2n) is 10.4. The molecular formula is C32H40N4. The van der Waals surface area contributed by atoms with Crippen molar-refractivity contribution in [2.24, 2.45) is 0 Å². The fraction of sp³-hybridized carbons (Fsp3) is 0.438. The Morgan fingerprint density at radius 1 is 0.778 bits per heavy atom. The minimum absolute atomic E-state index is 0.466. The fourth-order valence-corrected chi connectivity index (χ4v) is 5.73. The van der Waals surface area contributed by atoms with Crippen molar-refractivity contribution in [1.82, 2.24) is 19.9 Å². The van der Waals surface area contributed by atoms with Gasteiger partial charge in [-0.25, -0.2) is 4.98 Å². The van der Waals surface area contributed by atoms with Crippen molar-refractivity contribution in [3.8, 4) is 0 Å². The normalized spacial score (nSPS) is 15.3. The molecular weight excluding hydrogens is 440 g/mol. The summed E-state index contributed by atoms with van der Waals surface area (Å²) < 4.78 is 0. The summed E-state index contributed by atoms with van der Waals surface area (Å²) in [6.45, 7) is 9.01. The molecule has 2 aliphatic rings. The average molecular weight is 481 g/mol. The van der Waals surface area contributed by atoms with Crippen molar-refractivity contribution < 1.29 is 0 Å². The lowest BCUT2D eigenvalue weighted by atomic mass is 9.96. The Morgan fingerprint density at radius 2 is 1.58 bits per heavy atom. The maximum absolute atomic E-state index is 5.16. The van der Waals surface area contributed by atoms with Gasteiger partial charge in [0.25, 0.3) is 0 Å². The molecule has 0 radical (unpaired) electrons. The first kappa shape index (κ1) is 24.5. The summed E-state index contributed by atoms with van der Waals surface area (Å²) in [7, 11) is 0. The van der Waals surface area contributed by atoms with E-state index < -0.39 is 0 Å².